The Morgan fingerprint density at radius 3 is 2.11 bits per heavy atom. The average molecular weight is 264 g/mol. The number of hydrogen-bond donors (Lipinski definition) is 1. The van der Waals surface area contributed by atoms with Crippen LogP contribution in [0.2, 0.25) is 0 Å². The number of thiol groups is 1. The summed E-state index contributed by atoms with van der Waals surface area (Å²) in [4.78, 5) is 12.3. The van der Waals surface area contributed by atoms with Gasteiger partial charge in [0, 0.05) is 17.1 Å². The first-order valence-corrected chi connectivity index (χ1v) is 7.21. The van der Waals surface area contributed by atoms with Crippen LogP contribution in [0, 0.1) is 17.8 Å². The van der Waals surface area contributed by atoms with Gasteiger partial charge in [0.1, 0.15) is 5.78 Å². The van der Waals surface area contributed by atoms with Crippen molar-refractivity contribution < 1.29 is 4.79 Å². The Bertz CT molecular complexity index is 370. The van der Waals surface area contributed by atoms with Crippen LogP contribution < -0.4 is 0 Å². The molecule has 2 atom stereocenters. The van der Waals surface area contributed by atoms with Gasteiger partial charge in [0.05, 0.1) is 0 Å². The molecular formula is C16H24OS. The fourth-order valence-electron chi connectivity index (χ4n) is 2.22. The highest BCUT2D eigenvalue weighted by Crippen LogP contribution is 2.34. The maximum absolute atomic E-state index is 12.3. The van der Waals surface area contributed by atoms with Gasteiger partial charge in [-0.05, 0) is 17.9 Å². The van der Waals surface area contributed by atoms with Crippen molar-refractivity contribution in [3.05, 3.63) is 35.9 Å². The molecule has 1 rings (SSSR count). The van der Waals surface area contributed by atoms with Crippen LogP contribution in [0.15, 0.2) is 30.3 Å². The summed E-state index contributed by atoms with van der Waals surface area (Å²) in [7, 11) is 0. The molecule has 0 saturated carbocycles. The van der Waals surface area contributed by atoms with E-state index in [1.807, 2.05) is 32.0 Å². The molecule has 1 aromatic carbocycles. The van der Waals surface area contributed by atoms with E-state index in [4.69, 9.17) is 12.6 Å². The van der Waals surface area contributed by atoms with E-state index in [1.54, 1.807) is 0 Å². The molecule has 0 amide bonds. The molecule has 0 aliphatic rings. The predicted octanol–water partition coefficient (Wildman–Crippen LogP) is 4.54. The third-order valence-corrected chi connectivity index (χ3v) is 3.84. The van der Waals surface area contributed by atoms with Crippen LogP contribution in [0.1, 0.15) is 44.9 Å². The molecule has 0 aliphatic heterocycles. The van der Waals surface area contributed by atoms with E-state index in [9.17, 15) is 4.79 Å². The normalized spacial score (nSPS) is 14.8. The molecular weight excluding hydrogens is 240 g/mol. The van der Waals surface area contributed by atoms with Gasteiger partial charge in [-0.1, -0.05) is 58.0 Å². The van der Waals surface area contributed by atoms with E-state index >= 15 is 0 Å². The van der Waals surface area contributed by atoms with Gasteiger partial charge < -0.3 is 0 Å². The van der Waals surface area contributed by atoms with Crippen LogP contribution in [-0.2, 0) is 4.79 Å². The highest BCUT2D eigenvalue weighted by Gasteiger charge is 2.29. The van der Waals surface area contributed by atoms with E-state index in [0.717, 1.165) is 12.0 Å². The first kappa shape index (κ1) is 15.3. The molecule has 100 valence electrons. The molecule has 0 N–H and O–H groups in total. The lowest BCUT2D eigenvalue weighted by Gasteiger charge is -2.25. The van der Waals surface area contributed by atoms with E-state index in [1.165, 1.54) is 0 Å². The first-order chi connectivity index (χ1) is 8.43. The van der Waals surface area contributed by atoms with Crippen molar-refractivity contribution in [3.8, 4) is 0 Å². The molecule has 0 spiro atoms. The van der Waals surface area contributed by atoms with Gasteiger partial charge >= 0.3 is 0 Å². The minimum atomic E-state index is 0.00324. The zero-order valence-corrected chi connectivity index (χ0v) is 12.7. The van der Waals surface area contributed by atoms with Gasteiger partial charge in [0.2, 0.25) is 0 Å². The fourth-order valence-corrected chi connectivity index (χ4v) is 2.66. The van der Waals surface area contributed by atoms with Gasteiger partial charge in [-0.3, -0.25) is 4.79 Å². The predicted molar refractivity (Wildman–Crippen MR) is 81.0 cm³/mol. The van der Waals surface area contributed by atoms with Gasteiger partial charge in [-0.15, -0.1) is 0 Å². The Hall–Kier alpha value is -0.760. The van der Waals surface area contributed by atoms with Crippen molar-refractivity contribution in [2.45, 2.75) is 39.4 Å². The van der Waals surface area contributed by atoms with E-state index in [-0.39, 0.29) is 17.1 Å². The second-order valence-electron chi connectivity index (χ2n) is 5.65. The van der Waals surface area contributed by atoms with E-state index in [2.05, 4.69) is 26.0 Å². The van der Waals surface area contributed by atoms with Crippen LogP contribution in [-0.4, -0.2) is 5.78 Å². The maximum atomic E-state index is 12.3. The lowest BCUT2D eigenvalue weighted by atomic mass is 9.83. The van der Waals surface area contributed by atoms with Crippen molar-refractivity contribution in [2.75, 3.05) is 0 Å². The maximum Gasteiger partial charge on any atom is 0.139 e. The van der Waals surface area contributed by atoms with E-state index in [0.29, 0.717) is 11.7 Å². The van der Waals surface area contributed by atoms with Crippen molar-refractivity contribution in [1.82, 2.24) is 0 Å². The zero-order chi connectivity index (χ0) is 13.7. The second kappa shape index (κ2) is 6.98. The first-order valence-electron chi connectivity index (χ1n) is 6.70. The van der Waals surface area contributed by atoms with E-state index < -0.39 is 0 Å². The lowest BCUT2D eigenvalue weighted by molar-refractivity contribution is -0.126. The third-order valence-electron chi connectivity index (χ3n) is 3.18. The Kier molecular flexibility index (Phi) is 5.94. The van der Waals surface area contributed by atoms with Crippen molar-refractivity contribution in [3.63, 3.8) is 0 Å². The molecule has 2 unspecified atom stereocenters. The third kappa shape index (κ3) is 4.16. The minimum Gasteiger partial charge on any atom is -0.299 e. The Morgan fingerprint density at radius 2 is 1.67 bits per heavy atom. The molecule has 0 radical (unpaired) electrons. The number of hydrogen-bond acceptors (Lipinski definition) is 2. The largest absolute Gasteiger partial charge is 0.299 e. The SMILES string of the molecule is CC(C)CC(C(=O)C(C)C)C(S)c1ccccc1. The summed E-state index contributed by atoms with van der Waals surface area (Å²) in [6, 6.07) is 10.1. The number of carbonyl (C=O) groups excluding carboxylic acids is 1. The quantitative estimate of drug-likeness (QED) is 0.746. The number of Topliss-reactive ketones (excluding diaryl/α,β-unsaturated/α-hetero) is 1. The zero-order valence-electron chi connectivity index (χ0n) is 11.8. The Morgan fingerprint density at radius 1 is 1.11 bits per heavy atom. The molecule has 1 nitrogen and oxygen atoms in total. The molecule has 0 aromatic heterocycles. The smallest absolute Gasteiger partial charge is 0.139 e. The highest BCUT2D eigenvalue weighted by molar-refractivity contribution is 7.80. The Labute approximate surface area is 116 Å². The van der Waals surface area contributed by atoms with Crippen LogP contribution in [0.4, 0.5) is 0 Å². The second-order valence-corrected chi connectivity index (χ2v) is 6.20. The summed E-state index contributed by atoms with van der Waals surface area (Å²) >= 11 is 4.70. The van der Waals surface area contributed by atoms with Crippen molar-refractivity contribution >= 4 is 18.4 Å². The summed E-state index contributed by atoms with van der Waals surface area (Å²) in [5.74, 6) is 0.923. The topological polar surface area (TPSA) is 17.1 Å². The summed E-state index contributed by atoms with van der Waals surface area (Å²) in [5.41, 5.74) is 1.14. The number of ketones is 1. The van der Waals surface area contributed by atoms with Crippen molar-refractivity contribution in [1.29, 1.82) is 0 Å². The summed E-state index contributed by atoms with van der Waals surface area (Å²) in [5, 5.41) is 0.00324. The van der Waals surface area contributed by atoms with Crippen LogP contribution in [0.5, 0.6) is 0 Å². The van der Waals surface area contributed by atoms with Gasteiger partial charge in [-0.25, -0.2) is 0 Å². The molecule has 0 saturated heterocycles. The van der Waals surface area contributed by atoms with Gasteiger partial charge in [-0.2, -0.15) is 12.6 Å². The number of carbonyl (C=O) groups is 1. The molecule has 0 bridgehead atoms. The van der Waals surface area contributed by atoms with Gasteiger partial charge in [0.25, 0.3) is 0 Å². The molecule has 18 heavy (non-hydrogen) atoms. The van der Waals surface area contributed by atoms with Crippen molar-refractivity contribution in [2.24, 2.45) is 17.8 Å². The number of rotatable bonds is 6. The summed E-state index contributed by atoms with van der Waals surface area (Å²) in [6.07, 6.45) is 0.903. The van der Waals surface area contributed by atoms with Crippen LogP contribution >= 0.6 is 12.6 Å². The molecule has 0 aliphatic carbocycles. The average Bonchev–Trinajstić information content (AvgIpc) is 2.35. The molecule has 0 fully saturated rings. The summed E-state index contributed by atoms with van der Waals surface area (Å²) < 4.78 is 0. The monoisotopic (exact) mass is 264 g/mol. The number of benzene rings is 1. The standard InChI is InChI=1S/C16H24OS/c1-11(2)10-14(15(17)12(3)4)16(18)13-8-6-5-7-9-13/h5-9,11-12,14,16,18H,10H2,1-4H3. The van der Waals surface area contributed by atoms with Crippen LogP contribution in [0.25, 0.3) is 0 Å². The van der Waals surface area contributed by atoms with Crippen LogP contribution in [0.3, 0.4) is 0 Å². The minimum absolute atomic E-state index is 0.00324. The Balaban J connectivity index is 2.92. The summed E-state index contributed by atoms with van der Waals surface area (Å²) in [6.45, 7) is 8.26. The van der Waals surface area contributed by atoms with Gasteiger partial charge in [0.15, 0.2) is 0 Å². The molecule has 1 aromatic rings. The lowest BCUT2D eigenvalue weighted by Crippen LogP contribution is -2.25. The highest BCUT2D eigenvalue weighted by atomic mass is 32.1. The molecule has 0 heterocycles. The molecule has 2 heteroatoms. The fraction of sp³-hybridized carbons (Fsp3) is 0.562.